The van der Waals surface area contributed by atoms with E-state index in [4.69, 9.17) is 0 Å². The number of carbonyl (C=O) groups is 1. The zero-order chi connectivity index (χ0) is 23.6. The van der Waals surface area contributed by atoms with Gasteiger partial charge < -0.3 is 15.2 Å². The predicted molar refractivity (Wildman–Crippen MR) is 125 cm³/mol. The van der Waals surface area contributed by atoms with Crippen LogP contribution in [0.2, 0.25) is 0 Å². The summed E-state index contributed by atoms with van der Waals surface area (Å²) < 4.78 is 28.1. The van der Waals surface area contributed by atoms with Gasteiger partial charge in [-0.25, -0.2) is 13.2 Å². The molecular formula is C22H25N5O5S. The third kappa shape index (κ3) is 4.75. The van der Waals surface area contributed by atoms with Gasteiger partial charge in [-0.05, 0) is 42.9 Å². The second-order valence-corrected chi connectivity index (χ2v) is 9.72. The Bertz CT molecular complexity index is 1390. The number of fused-ring (bicyclic) bond motifs is 1. The van der Waals surface area contributed by atoms with Gasteiger partial charge in [-0.15, -0.1) is 0 Å². The van der Waals surface area contributed by atoms with E-state index in [1.807, 2.05) is 6.92 Å². The van der Waals surface area contributed by atoms with Crippen molar-refractivity contribution in [1.29, 1.82) is 0 Å². The highest BCUT2D eigenvalue weighted by Crippen LogP contribution is 2.20. The van der Waals surface area contributed by atoms with Gasteiger partial charge in [0.15, 0.2) is 0 Å². The minimum Gasteiger partial charge on any atom is -0.325 e. The molecule has 2 aromatic carbocycles. The van der Waals surface area contributed by atoms with Crippen molar-refractivity contribution in [3.8, 4) is 0 Å². The topological polar surface area (TPSA) is 125 Å². The van der Waals surface area contributed by atoms with Crippen molar-refractivity contribution in [3.05, 3.63) is 69.4 Å². The third-order valence-corrected chi connectivity index (χ3v) is 7.66. The van der Waals surface area contributed by atoms with E-state index in [1.54, 1.807) is 24.3 Å². The average molecular weight is 472 g/mol. The van der Waals surface area contributed by atoms with Crippen LogP contribution >= 0.6 is 0 Å². The number of rotatable bonds is 6. The molecule has 1 aliphatic heterocycles. The van der Waals surface area contributed by atoms with Crippen LogP contribution in [0, 0.1) is 0 Å². The highest BCUT2D eigenvalue weighted by molar-refractivity contribution is 7.89. The monoisotopic (exact) mass is 471 g/mol. The molecule has 1 aromatic heterocycles. The number of aromatic amines is 1. The first-order chi connectivity index (χ1) is 15.8. The van der Waals surface area contributed by atoms with Crippen LogP contribution in [0.15, 0.2) is 63.0 Å². The normalized spacial score (nSPS) is 15.5. The van der Waals surface area contributed by atoms with E-state index in [0.717, 1.165) is 11.1 Å². The van der Waals surface area contributed by atoms with Crippen molar-refractivity contribution in [3.63, 3.8) is 0 Å². The maximum atomic E-state index is 12.9. The van der Waals surface area contributed by atoms with Crippen LogP contribution in [0.5, 0.6) is 0 Å². The number of benzene rings is 2. The number of likely N-dealkylation sites (N-methyl/N-ethyl adjacent to an activating group) is 1. The summed E-state index contributed by atoms with van der Waals surface area (Å²) in [5, 5.41) is 2.90. The Morgan fingerprint density at radius 3 is 2.33 bits per heavy atom. The van der Waals surface area contributed by atoms with E-state index < -0.39 is 33.7 Å². The van der Waals surface area contributed by atoms with Crippen molar-refractivity contribution < 1.29 is 13.2 Å². The predicted octanol–water partition coefficient (Wildman–Crippen LogP) is 0.655. The molecular weight excluding hydrogens is 446 g/mol. The summed E-state index contributed by atoms with van der Waals surface area (Å²) in [5.74, 6) is -0.579. The molecule has 0 spiro atoms. The fourth-order valence-electron chi connectivity index (χ4n) is 3.83. The van der Waals surface area contributed by atoms with Crippen LogP contribution in [-0.2, 0) is 21.4 Å². The first-order valence-electron chi connectivity index (χ1n) is 10.6. The minimum absolute atomic E-state index is 0.146. The third-order valence-electron chi connectivity index (χ3n) is 5.75. The van der Waals surface area contributed by atoms with Crippen LogP contribution < -0.4 is 16.6 Å². The Hall–Kier alpha value is -3.28. The molecule has 1 saturated heterocycles. The van der Waals surface area contributed by atoms with Crippen LogP contribution in [0.4, 0.5) is 5.69 Å². The van der Waals surface area contributed by atoms with Gasteiger partial charge in [-0.3, -0.25) is 14.2 Å². The zero-order valence-corrected chi connectivity index (χ0v) is 19.0. The molecule has 10 nitrogen and oxygen atoms in total. The zero-order valence-electron chi connectivity index (χ0n) is 18.2. The quantitative estimate of drug-likeness (QED) is 0.544. The number of anilines is 1. The Morgan fingerprint density at radius 1 is 1.00 bits per heavy atom. The summed E-state index contributed by atoms with van der Waals surface area (Å²) in [6.07, 6.45) is 0. The van der Waals surface area contributed by atoms with E-state index in [-0.39, 0.29) is 4.90 Å². The van der Waals surface area contributed by atoms with Crippen molar-refractivity contribution in [2.75, 3.05) is 38.0 Å². The van der Waals surface area contributed by atoms with Gasteiger partial charge in [0, 0.05) is 31.9 Å². The second kappa shape index (κ2) is 9.30. The summed E-state index contributed by atoms with van der Waals surface area (Å²) in [4.78, 5) is 42.2. The summed E-state index contributed by atoms with van der Waals surface area (Å²) in [5.41, 5.74) is -0.482. The number of aromatic nitrogens is 2. The van der Waals surface area contributed by atoms with Crippen LogP contribution in [0.3, 0.4) is 0 Å². The number of sulfonamides is 1. The fourth-order valence-corrected chi connectivity index (χ4v) is 5.25. The Labute approximate surface area is 190 Å². The molecule has 3 aromatic rings. The number of para-hydroxylation sites is 1. The number of H-pyrrole nitrogens is 1. The van der Waals surface area contributed by atoms with Crippen molar-refractivity contribution >= 4 is 32.5 Å². The van der Waals surface area contributed by atoms with E-state index in [0.29, 0.717) is 42.8 Å². The van der Waals surface area contributed by atoms with Crippen LogP contribution in [0.25, 0.3) is 10.9 Å². The van der Waals surface area contributed by atoms with Gasteiger partial charge >= 0.3 is 5.69 Å². The summed E-state index contributed by atoms with van der Waals surface area (Å²) >= 11 is 0. The number of hydrogen-bond donors (Lipinski definition) is 2. The Kier molecular flexibility index (Phi) is 6.45. The van der Waals surface area contributed by atoms with Gasteiger partial charge in [0.25, 0.3) is 5.56 Å². The summed E-state index contributed by atoms with van der Waals surface area (Å²) in [6, 6.07) is 12.4. The minimum atomic E-state index is -3.62. The molecule has 0 aliphatic carbocycles. The standard InChI is InChI=1S/C22H25N5O5S/c1-2-25-11-13-26(14-12-25)33(31,32)17-9-7-16(8-10-17)23-20(28)15-27-21(29)18-5-3-4-6-19(18)24-22(27)30/h3-10H,2,11-15H2,1H3,(H,23,28)(H,24,30). The first kappa shape index (κ1) is 22.9. The van der Waals surface area contributed by atoms with Crippen molar-refractivity contribution in [1.82, 2.24) is 18.8 Å². The molecule has 2 N–H and O–H groups in total. The number of amides is 1. The van der Waals surface area contributed by atoms with Gasteiger partial charge in [-0.2, -0.15) is 4.31 Å². The van der Waals surface area contributed by atoms with E-state index in [9.17, 15) is 22.8 Å². The molecule has 2 heterocycles. The van der Waals surface area contributed by atoms with Crippen LogP contribution in [-0.4, -0.2) is 65.8 Å². The number of nitrogens with zero attached hydrogens (tertiary/aromatic N) is 3. The molecule has 1 fully saturated rings. The maximum Gasteiger partial charge on any atom is 0.329 e. The lowest BCUT2D eigenvalue weighted by Gasteiger charge is -2.33. The molecule has 0 unspecified atom stereocenters. The number of nitrogens with one attached hydrogen (secondary N) is 2. The lowest BCUT2D eigenvalue weighted by atomic mass is 10.2. The van der Waals surface area contributed by atoms with E-state index in [2.05, 4.69) is 15.2 Å². The number of carbonyl (C=O) groups excluding carboxylic acids is 1. The molecule has 0 atom stereocenters. The Morgan fingerprint density at radius 2 is 1.67 bits per heavy atom. The molecule has 33 heavy (non-hydrogen) atoms. The van der Waals surface area contributed by atoms with Crippen molar-refractivity contribution in [2.45, 2.75) is 18.4 Å². The van der Waals surface area contributed by atoms with E-state index >= 15 is 0 Å². The van der Waals surface area contributed by atoms with Gasteiger partial charge in [0.2, 0.25) is 15.9 Å². The number of hydrogen-bond acceptors (Lipinski definition) is 6. The fraction of sp³-hybridized carbons (Fsp3) is 0.318. The SMILES string of the molecule is CCN1CCN(S(=O)(=O)c2ccc(NC(=O)Cn3c(=O)[nH]c4ccccc4c3=O)cc2)CC1. The average Bonchev–Trinajstić information content (AvgIpc) is 2.82. The lowest BCUT2D eigenvalue weighted by molar-refractivity contribution is -0.116. The molecule has 1 amide bonds. The molecule has 174 valence electrons. The molecule has 11 heteroatoms. The van der Waals surface area contributed by atoms with Crippen LogP contribution in [0.1, 0.15) is 6.92 Å². The molecule has 1 aliphatic rings. The highest BCUT2D eigenvalue weighted by atomic mass is 32.2. The van der Waals surface area contributed by atoms with E-state index in [1.165, 1.54) is 28.6 Å². The molecule has 0 saturated carbocycles. The molecule has 0 bridgehead atoms. The van der Waals surface area contributed by atoms with Gasteiger partial charge in [-0.1, -0.05) is 19.1 Å². The number of piperazine rings is 1. The molecule has 0 radical (unpaired) electrons. The summed E-state index contributed by atoms with van der Waals surface area (Å²) in [6.45, 7) is 4.71. The van der Waals surface area contributed by atoms with Gasteiger partial charge in [0.05, 0.1) is 15.8 Å². The maximum absolute atomic E-state index is 12.9. The second-order valence-electron chi connectivity index (χ2n) is 7.78. The van der Waals surface area contributed by atoms with Gasteiger partial charge in [0.1, 0.15) is 6.54 Å². The van der Waals surface area contributed by atoms with Crippen molar-refractivity contribution in [2.24, 2.45) is 0 Å². The summed E-state index contributed by atoms with van der Waals surface area (Å²) in [7, 11) is -3.62. The smallest absolute Gasteiger partial charge is 0.325 e. The largest absolute Gasteiger partial charge is 0.329 e. The first-order valence-corrected chi connectivity index (χ1v) is 12.1. The Balaban J connectivity index is 1.45. The lowest BCUT2D eigenvalue weighted by Crippen LogP contribution is -2.48. The highest BCUT2D eigenvalue weighted by Gasteiger charge is 2.27. The molecule has 4 rings (SSSR count).